The molecule has 1 aliphatic carbocycles. The van der Waals surface area contributed by atoms with Crippen LogP contribution in [0.2, 0.25) is 0 Å². The van der Waals surface area contributed by atoms with Crippen LogP contribution >= 0.6 is 0 Å². The summed E-state index contributed by atoms with van der Waals surface area (Å²) in [4.78, 5) is 17.3. The molecule has 1 saturated carbocycles. The normalized spacial score (nSPS) is 15.6. The van der Waals surface area contributed by atoms with Crippen molar-refractivity contribution >= 4 is 17.2 Å². The third kappa shape index (κ3) is 4.57. The number of hydrogen-bond donors (Lipinski definition) is 3. The lowest BCUT2D eigenvalue weighted by molar-refractivity contribution is 0.0950. The van der Waals surface area contributed by atoms with Gasteiger partial charge in [0.2, 0.25) is 5.88 Å². The Morgan fingerprint density at radius 2 is 1.97 bits per heavy atom. The van der Waals surface area contributed by atoms with Gasteiger partial charge in [-0.05, 0) is 49.6 Å². The predicted octanol–water partition coefficient (Wildman–Crippen LogP) is 4.02. The van der Waals surface area contributed by atoms with E-state index in [9.17, 15) is 4.79 Å². The minimum Gasteiger partial charge on any atom is -0.438 e. The standard InChI is InChI=1S/C27H28N6O2/c1-17-11-19(7-10-22(17)27(34)31-20-8-9-20)24-16-30-26-23(29-15-18-13-28-14-18)12-25(32-33(24)26)35-21-5-3-2-4-6-21/h2-7,10-12,16,18,20,28-29H,8-9,13-15H2,1H3,(H,31,34). The lowest BCUT2D eigenvalue weighted by atomic mass is 10.0. The molecular weight excluding hydrogens is 440 g/mol. The van der Waals surface area contributed by atoms with Crippen molar-refractivity contribution in [2.75, 3.05) is 25.0 Å². The molecule has 1 saturated heterocycles. The van der Waals surface area contributed by atoms with Gasteiger partial charge in [0.15, 0.2) is 5.65 Å². The van der Waals surface area contributed by atoms with E-state index in [4.69, 9.17) is 9.84 Å². The number of anilines is 1. The quantitative estimate of drug-likeness (QED) is 0.362. The molecule has 2 aromatic carbocycles. The molecule has 1 amide bonds. The number of nitrogens with zero attached hydrogens (tertiary/aromatic N) is 3. The number of imidazole rings is 1. The Labute approximate surface area is 203 Å². The van der Waals surface area contributed by atoms with Crippen LogP contribution in [-0.4, -0.2) is 46.2 Å². The van der Waals surface area contributed by atoms with Gasteiger partial charge in [0.05, 0.1) is 17.6 Å². The van der Waals surface area contributed by atoms with E-state index in [1.807, 2.05) is 72.2 Å². The fourth-order valence-corrected chi connectivity index (χ4v) is 4.25. The molecule has 6 rings (SSSR count). The van der Waals surface area contributed by atoms with Gasteiger partial charge in [-0.2, -0.15) is 0 Å². The zero-order chi connectivity index (χ0) is 23.8. The van der Waals surface area contributed by atoms with Crippen LogP contribution in [0.4, 0.5) is 5.69 Å². The number of amides is 1. The average molecular weight is 469 g/mol. The van der Waals surface area contributed by atoms with Gasteiger partial charge in [0.25, 0.3) is 5.91 Å². The molecule has 2 fully saturated rings. The Kier molecular flexibility index (Phi) is 5.58. The van der Waals surface area contributed by atoms with Crippen LogP contribution in [0.1, 0.15) is 28.8 Å². The number of fused-ring (bicyclic) bond motifs is 1. The minimum atomic E-state index is -0.0108. The average Bonchev–Trinajstić information content (AvgIpc) is 3.54. The Morgan fingerprint density at radius 1 is 1.14 bits per heavy atom. The van der Waals surface area contributed by atoms with Crippen LogP contribution in [0.5, 0.6) is 11.6 Å². The molecular formula is C27H28N6O2. The summed E-state index contributed by atoms with van der Waals surface area (Å²) in [5.74, 6) is 1.78. The largest absolute Gasteiger partial charge is 0.438 e. The van der Waals surface area contributed by atoms with Crippen LogP contribution in [-0.2, 0) is 0 Å². The lowest BCUT2D eigenvalue weighted by Crippen LogP contribution is -2.45. The van der Waals surface area contributed by atoms with Crippen molar-refractivity contribution in [3.63, 3.8) is 0 Å². The maximum absolute atomic E-state index is 12.6. The van der Waals surface area contributed by atoms with E-state index in [2.05, 4.69) is 20.9 Å². The van der Waals surface area contributed by atoms with Crippen LogP contribution in [0.15, 0.2) is 60.8 Å². The number of hydrogen-bond acceptors (Lipinski definition) is 6. The summed E-state index contributed by atoms with van der Waals surface area (Å²) in [6.45, 7) is 4.85. The number of aromatic nitrogens is 3. The Balaban J connectivity index is 1.36. The van der Waals surface area contributed by atoms with Crippen LogP contribution in [0, 0.1) is 12.8 Å². The van der Waals surface area contributed by atoms with Gasteiger partial charge in [0, 0.05) is 48.8 Å². The fourth-order valence-electron chi connectivity index (χ4n) is 4.25. The number of rotatable bonds is 8. The number of benzene rings is 2. The first-order chi connectivity index (χ1) is 17.1. The molecule has 2 aliphatic rings. The SMILES string of the molecule is Cc1cc(-c2cnc3c(NCC4CNC4)cc(Oc4ccccc4)nn23)ccc1C(=O)NC1CC1. The molecule has 0 atom stereocenters. The first-order valence-corrected chi connectivity index (χ1v) is 12.1. The second kappa shape index (κ2) is 9.03. The highest BCUT2D eigenvalue weighted by Crippen LogP contribution is 2.30. The molecule has 0 bridgehead atoms. The topological polar surface area (TPSA) is 92.6 Å². The molecule has 35 heavy (non-hydrogen) atoms. The molecule has 0 spiro atoms. The number of aryl methyl sites for hydroxylation is 1. The highest BCUT2D eigenvalue weighted by atomic mass is 16.5. The summed E-state index contributed by atoms with van der Waals surface area (Å²) in [5.41, 5.74) is 5.01. The van der Waals surface area contributed by atoms with Gasteiger partial charge in [-0.15, -0.1) is 5.10 Å². The van der Waals surface area contributed by atoms with Crippen LogP contribution in [0.25, 0.3) is 16.9 Å². The van der Waals surface area contributed by atoms with E-state index >= 15 is 0 Å². The molecule has 0 radical (unpaired) electrons. The minimum absolute atomic E-state index is 0.0108. The van der Waals surface area contributed by atoms with Gasteiger partial charge >= 0.3 is 0 Å². The zero-order valence-electron chi connectivity index (χ0n) is 19.6. The van der Waals surface area contributed by atoms with Gasteiger partial charge in [0.1, 0.15) is 5.75 Å². The number of carbonyl (C=O) groups excluding carboxylic acids is 1. The van der Waals surface area contributed by atoms with Crippen LogP contribution in [0.3, 0.4) is 0 Å². The van der Waals surface area contributed by atoms with Gasteiger partial charge < -0.3 is 20.7 Å². The summed E-state index contributed by atoms with van der Waals surface area (Å²) in [7, 11) is 0. The molecule has 2 aromatic heterocycles. The molecule has 8 heteroatoms. The third-order valence-corrected chi connectivity index (χ3v) is 6.54. The number of nitrogens with one attached hydrogen (secondary N) is 3. The monoisotopic (exact) mass is 468 g/mol. The molecule has 8 nitrogen and oxygen atoms in total. The van der Waals surface area contributed by atoms with Crippen molar-refractivity contribution in [3.8, 4) is 22.9 Å². The maximum Gasteiger partial charge on any atom is 0.251 e. The van der Waals surface area contributed by atoms with E-state index in [0.29, 0.717) is 23.4 Å². The summed E-state index contributed by atoms with van der Waals surface area (Å²) >= 11 is 0. The van der Waals surface area contributed by atoms with Crippen molar-refractivity contribution in [2.45, 2.75) is 25.8 Å². The van der Waals surface area contributed by atoms with E-state index in [1.165, 1.54) is 0 Å². The van der Waals surface area contributed by atoms with Crippen molar-refractivity contribution < 1.29 is 9.53 Å². The Morgan fingerprint density at radius 3 is 2.69 bits per heavy atom. The molecule has 3 N–H and O–H groups in total. The molecule has 1 aliphatic heterocycles. The van der Waals surface area contributed by atoms with Crippen molar-refractivity contribution in [3.05, 3.63) is 71.9 Å². The Hall–Kier alpha value is -3.91. The maximum atomic E-state index is 12.6. The smallest absolute Gasteiger partial charge is 0.251 e. The molecule has 0 unspecified atom stereocenters. The van der Waals surface area contributed by atoms with Crippen molar-refractivity contribution in [1.82, 2.24) is 25.2 Å². The molecule has 4 aromatic rings. The summed E-state index contributed by atoms with van der Waals surface area (Å²) < 4.78 is 7.90. The van der Waals surface area contributed by atoms with Crippen LogP contribution < -0.4 is 20.7 Å². The van der Waals surface area contributed by atoms with Crippen molar-refractivity contribution in [1.29, 1.82) is 0 Å². The molecule has 3 heterocycles. The highest BCUT2D eigenvalue weighted by Gasteiger charge is 2.25. The second-order valence-electron chi connectivity index (χ2n) is 9.37. The predicted molar refractivity (Wildman–Crippen MR) is 135 cm³/mol. The van der Waals surface area contributed by atoms with Crippen molar-refractivity contribution in [2.24, 2.45) is 5.92 Å². The summed E-state index contributed by atoms with van der Waals surface area (Å²) in [6.07, 6.45) is 3.96. The third-order valence-electron chi connectivity index (χ3n) is 6.54. The van der Waals surface area contributed by atoms with E-state index < -0.39 is 0 Å². The molecule has 178 valence electrons. The summed E-state index contributed by atoms with van der Waals surface area (Å²) in [6, 6.07) is 17.7. The summed E-state index contributed by atoms with van der Waals surface area (Å²) in [5, 5.41) is 14.7. The fraction of sp³-hybridized carbons (Fsp3) is 0.296. The highest BCUT2D eigenvalue weighted by molar-refractivity contribution is 5.96. The van der Waals surface area contributed by atoms with Gasteiger partial charge in [-0.3, -0.25) is 4.79 Å². The Bertz CT molecular complexity index is 1380. The van der Waals surface area contributed by atoms with Gasteiger partial charge in [-0.1, -0.05) is 24.3 Å². The van der Waals surface area contributed by atoms with E-state index in [0.717, 1.165) is 66.4 Å². The number of carbonyl (C=O) groups is 1. The first kappa shape index (κ1) is 21.6. The van der Waals surface area contributed by atoms with E-state index in [-0.39, 0.29) is 5.91 Å². The number of ether oxygens (including phenoxy) is 1. The zero-order valence-corrected chi connectivity index (χ0v) is 19.6. The van der Waals surface area contributed by atoms with E-state index in [1.54, 1.807) is 0 Å². The number of para-hydroxylation sites is 1. The lowest BCUT2D eigenvalue weighted by Gasteiger charge is -2.27. The first-order valence-electron chi connectivity index (χ1n) is 12.1. The second-order valence-corrected chi connectivity index (χ2v) is 9.37. The van der Waals surface area contributed by atoms with Gasteiger partial charge in [-0.25, -0.2) is 9.50 Å².